The van der Waals surface area contributed by atoms with Gasteiger partial charge in [-0.25, -0.2) is 0 Å². The van der Waals surface area contributed by atoms with Crippen molar-refractivity contribution in [3.8, 4) is 6.07 Å². The minimum Gasteiger partial charge on any atom is -0.501 e. The maximum Gasteiger partial charge on any atom is 0.0912 e. The Labute approximate surface area is 66.5 Å². The van der Waals surface area contributed by atoms with E-state index in [4.69, 9.17) is 10.00 Å². The minimum atomic E-state index is -0.115. The SMILES string of the molecule is N#CC1(C2=COCC2)CCC1. The number of nitrogens with zero attached hydrogens (tertiary/aromatic N) is 1. The fourth-order valence-corrected chi connectivity index (χ4v) is 1.77. The van der Waals surface area contributed by atoms with Crippen LogP contribution in [0.25, 0.3) is 0 Å². The lowest BCUT2D eigenvalue weighted by Gasteiger charge is -2.35. The van der Waals surface area contributed by atoms with E-state index in [1.165, 1.54) is 12.0 Å². The van der Waals surface area contributed by atoms with Crippen molar-refractivity contribution in [3.63, 3.8) is 0 Å². The summed E-state index contributed by atoms with van der Waals surface area (Å²) < 4.78 is 5.13. The zero-order chi connectivity index (χ0) is 7.73. The predicted octanol–water partition coefficient (Wildman–Crippen LogP) is 1.98. The fraction of sp³-hybridized carbons (Fsp3) is 0.667. The number of rotatable bonds is 1. The molecule has 0 bridgehead atoms. The number of hydrogen-bond acceptors (Lipinski definition) is 2. The molecule has 1 heterocycles. The summed E-state index contributed by atoms with van der Waals surface area (Å²) in [6.07, 6.45) is 6.04. The summed E-state index contributed by atoms with van der Waals surface area (Å²) in [7, 11) is 0. The fourth-order valence-electron chi connectivity index (χ4n) is 1.77. The van der Waals surface area contributed by atoms with Crippen LogP contribution in [0.15, 0.2) is 11.8 Å². The zero-order valence-corrected chi connectivity index (χ0v) is 6.47. The van der Waals surface area contributed by atoms with Crippen LogP contribution in [0.3, 0.4) is 0 Å². The molecule has 2 nitrogen and oxygen atoms in total. The molecule has 0 aromatic rings. The molecular weight excluding hydrogens is 138 g/mol. The van der Waals surface area contributed by atoms with Gasteiger partial charge in [-0.1, -0.05) is 0 Å². The van der Waals surface area contributed by atoms with Crippen LogP contribution in [-0.4, -0.2) is 6.61 Å². The van der Waals surface area contributed by atoms with Gasteiger partial charge in [0.1, 0.15) is 0 Å². The molecule has 1 fully saturated rings. The molecule has 0 N–H and O–H groups in total. The Balaban J connectivity index is 2.18. The number of ether oxygens (including phenoxy) is 1. The normalized spacial score (nSPS) is 26.3. The van der Waals surface area contributed by atoms with Crippen molar-refractivity contribution < 1.29 is 4.74 Å². The summed E-state index contributed by atoms with van der Waals surface area (Å²) >= 11 is 0. The van der Waals surface area contributed by atoms with Crippen LogP contribution in [0.4, 0.5) is 0 Å². The average Bonchev–Trinajstić information content (AvgIpc) is 2.39. The molecule has 0 unspecified atom stereocenters. The van der Waals surface area contributed by atoms with E-state index in [1.807, 2.05) is 0 Å². The predicted molar refractivity (Wildman–Crippen MR) is 40.5 cm³/mol. The molecule has 11 heavy (non-hydrogen) atoms. The first-order valence-electron chi connectivity index (χ1n) is 4.10. The minimum absolute atomic E-state index is 0.115. The van der Waals surface area contributed by atoms with Crippen molar-refractivity contribution in [2.75, 3.05) is 6.61 Å². The lowest BCUT2D eigenvalue weighted by Crippen LogP contribution is -2.29. The van der Waals surface area contributed by atoms with E-state index in [-0.39, 0.29) is 5.41 Å². The Bertz CT molecular complexity index is 232. The summed E-state index contributed by atoms with van der Waals surface area (Å²) in [4.78, 5) is 0. The second-order valence-electron chi connectivity index (χ2n) is 3.31. The van der Waals surface area contributed by atoms with Crippen LogP contribution >= 0.6 is 0 Å². The van der Waals surface area contributed by atoms with Crippen LogP contribution in [0.2, 0.25) is 0 Å². The van der Waals surface area contributed by atoms with Crippen LogP contribution in [0.1, 0.15) is 25.7 Å². The van der Waals surface area contributed by atoms with Gasteiger partial charge in [-0.05, 0) is 24.8 Å². The maximum absolute atomic E-state index is 8.95. The molecule has 0 aromatic heterocycles. The third-order valence-corrected chi connectivity index (χ3v) is 2.75. The number of nitriles is 1. The van der Waals surface area contributed by atoms with Crippen LogP contribution < -0.4 is 0 Å². The van der Waals surface area contributed by atoms with E-state index in [0.29, 0.717) is 0 Å². The number of hydrogen-bond donors (Lipinski definition) is 0. The highest BCUT2D eigenvalue weighted by Gasteiger charge is 2.41. The van der Waals surface area contributed by atoms with Crippen LogP contribution in [0.5, 0.6) is 0 Å². The van der Waals surface area contributed by atoms with Gasteiger partial charge >= 0.3 is 0 Å². The molecule has 1 aliphatic heterocycles. The molecule has 2 heteroatoms. The standard InChI is InChI=1S/C9H11NO/c10-7-9(3-1-4-9)8-2-5-11-6-8/h6H,1-5H2. The Morgan fingerprint density at radius 1 is 1.55 bits per heavy atom. The highest BCUT2D eigenvalue weighted by atomic mass is 16.5. The van der Waals surface area contributed by atoms with Crippen molar-refractivity contribution in [2.24, 2.45) is 5.41 Å². The third-order valence-electron chi connectivity index (χ3n) is 2.75. The average molecular weight is 149 g/mol. The van der Waals surface area contributed by atoms with Gasteiger partial charge in [-0.2, -0.15) is 5.26 Å². The molecule has 1 saturated carbocycles. The first-order chi connectivity index (χ1) is 5.37. The van der Waals surface area contributed by atoms with Crippen molar-refractivity contribution in [2.45, 2.75) is 25.7 Å². The Kier molecular flexibility index (Phi) is 1.38. The molecule has 2 rings (SSSR count). The highest BCUT2D eigenvalue weighted by molar-refractivity contribution is 5.27. The van der Waals surface area contributed by atoms with Crippen molar-refractivity contribution in [1.82, 2.24) is 0 Å². The van der Waals surface area contributed by atoms with Gasteiger partial charge in [0, 0.05) is 6.42 Å². The molecule has 0 spiro atoms. The Morgan fingerprint density at radius 3 is 2.73 bits per heavy atom. The summed E-state index contributed by atoms with van der Waals surface area (Å²) in [5.41, 5.74) is 1.11. The van der Waals surface area contributed by atoms with Gasteiger partial charge in [0.25, 0.3) is 0 Å². The van der Waals surface area contributed by atoms with Crippen molar-refractivity contribution in [1.29, 1.82) is 5.26 Å². The Morgan fingerprint density at radius 2 is 2.36 bits per heavy atom. The molecule has 0 aromatic carbocycles. The quantitative estimate of drug-likeness (QED) is 0.571. The topological polar surface area (TPSA) is 33.0 Å². The lowest BCUT2D eigenvalue weighted by atomic mass is 9.65. The van der Waals surface area contributed by atoms with E-state index in [2.05, 4.69) is 6.07 Å². The summed E-state index contributed by atoms with van der Waals surface area (Å²) in [6.45, 7) is 0.777. The second kappa shape index (κ2) is 2.27. The van der Waals surface area contributed by atoms with Crippen LogP contribution in [0, 0.1) is 16.7 Å². The van der Waals surface area contributed by atoms with Gasteiger partial charge in [0.15, 0.2) is 0 Å². The molecular formula is C9H11NO. The van der Waals surface area contributed by atoms with E-state index < -0.39 is 0 Å². The molecule has 0 radical (unpaired) electrons. The van der Waals surface area contributed by atoms with E-state index in [0.717, 1.165) is 25.9 Å². The largest absolute Gasteiger partial charge is 0.501 e. The first-order valence-corrected chi connectivity index (χ1v) is 4.10. The van der Waals surface area contributed by atoms with Gasteiger partial charge < -0.3 is 4.74 Å². The summed E-state index contributed by atoms with van der Waals surface area (Å²) in [6, 6.07) is 2.41. The monoisotopic (exact) mass is 149 g/mol. The van der Waals surface area contributed by atoms with Gasteiger partial charge in [0.2, 0.25) is 0 Å². The smallest absolute Gasteiger partial charge is 0.0912 e. The summed E-state index contributed by atoms with van der Waals surface area (Å²) in [5, 5.41) is 8.95. The van der Waals surface area contributed by atoms with Gasteiger partial charge in [-0.15, -0.1) is 0 Å². The van der Waals surface area contributed by atoms with Gasteiger partial charge in [0.05, 0.1) is 24.4 Å². The molecule has 0 atom stereocenters. The maximum atomic E-state index is 8.95. The van der Waals surface area contributed by atoms with Crippen molar-refractivity contribution >= 4 is 0 Å². The van der Waals surface area contributed by atoms with Crippen LogP contribution in [-0.2, 0) is 4.74 Å². The molecule has 0 saturated heterocycles. The van der Waals surface area contributed by atoms with E-state index >= 15 is 0 Å². The lowest BCUT2D eigenvalue weighted by molar-refractivity contribution is 0.264. The highest BCUT2D eigenvalue weighted by Crippen LogP contribution is 2.48. The molecule has 1 aliphatic carbocycles. The third kappa shape index (κ3) is 0.841. The van der Waals surface area contributed by atoms with E-state index in [1.54, 1.807) is 6.26 Å². The van der Waals surface area contributed by atoms with E-state index in [9.17, 15) is 0 Å². The second-order valence-corrected chi connectivity index (χ2v) is 3.31. The molecule has 2 aliphatic rings. The van der Waals surface area contributed by atoms with Gasteiger partial charge in [-0.3, -0.25) is 0 Å². The Hall–Kier alpha value is -0.970. The summed E-state index contributed by atoms with van der Waals surface area (Å²) in [5.74, 6) is 0. The molecule has 0 amide bonds. The zero-order valence-electron chi connectivity index (χ0n) is 6.47. The molecule has 58 valence electrons. The van der Waals surface area contributed by atoms with Crippen molar-refractivity contribution in [3.05, 3.63) is 11.8 Å². The first kappa shape index (κ1) is 6.72.